The average Bonchev–Trinajstić information content (AvgIpc) is 3.02. The van der Waals surface area contributed by atoms with E-state index >= 15 is 0 Å². The molecule has 2 atom stereocenters. The normalized spacial score (nSPS) is 23.1. The standard InChI is InChI=1S/C14H14N4O4/c1-2-22-10(19)8-17-12-11(15-16-17)13(20)18(14(12)21)9-6-4-3-5-7-9/h3-7,11-12H,2,8H2,1H3. The van der Waals surface area contributed by atoms with E-state index < -0.39 is 29.9 Å². The van der Waals surface area contributed by atoms with E-state index in [0.717, 1.165) is 4.90 Å². The van der Waals surface area contributed by atoms with Gasteiger partial charge in [-0.15, -0.1) is 0 Å². The largest absolute Gasteiger partial charge is 0.465 e. The summed E-state index contributed by atoms with van der Waals surface area (Å²) in [5.41, 5.74) is 0.484. The topological polar surface area (TPSA) is 91.6 Å². The van der Waals surface area contributed by atoms with Crippen molar-refractivity contribution in [2.45, 2.75) is 19.0 Å². The Morgan fingerprint density at radius 1 is 1.23 bits per heavy atom. The van der Waals surface area contributed by atoms with Crippen LogP contribution in [0.25, 0.3) is 0 Å². The van der Waals surface area contributed by atoms with E-state index in [2.05, 4.69) is 10.3 Å². The molecule has 0 N–H and O–H groups in total. The fraction of sp³-hybridized carbons (Fsp3) is 0.357. The van der Waals surface area contributed by atoms with Gasteiger partial charge in [0.05, 0.1) is 12.3 Å². The minimum absolute atomic E-state index is 0.208. The fourth-order valence-electron chi connectivity index (χ4n) is 2.52. The molecule has 2 unspecified atom stereocenters. The van der Waals surface area contributed by atoms with E-state index in [4.69, 9.17) is 4.74 Å². The van der Waals surface area contributed by atoms with Crippen molar-refractivity contribution < 1.29 is 19.1 Å². The van der Waals surface area contributed by atoms with Gasteiger partial charge in [-0.25, -0.2) is 4.90 Å². The number of imide groups is 1. The zero-order valence-electron chi connectivity index (χ0n) is 11.9. The molecule has 0 aliphatic carbocycles. The van der Waals surface area contributed by atoms with Gasteiger partial charge in [0.1, 0.15) is 6.54 Å². The predicted molar refractivity (Wildman–Crippen MR) is 74.7 cm³/mol. The van der Waals surface area contributed by atoms with Crippen molar-refractivity contribution in [1.29, 1.82) is 0 Å². The van der Waals surface area contributed by atoms with E-state index in [0.29, 0.717) is 5.69 Å². The van der Waals surface area contributed by atoms with Gasteiger partial charge in [-0.2, -0.15) is 5.11 Å². The molecule has 2 amide bonds. The molecule has 3 rings (SSSR count). The number of para-hydroxylation sites is 1. The highest BCUT2D eigenvalue weighted by Crippen LogP contribution is 2.31. The summed E-state index contributed by atoms with van der Waals surface area (Å²) in [5, 5.41) is 8.81. The number of hydrogen-bond acceptors (Lipinski definition) is 7. The maximum atomic E-state index is 12.5. The molecule has 22 heavy (non-hydrogen) atoms. The summed E-state index contributed by atoms with van der Waals surface area (Å²) in [4.78, 5) is 37.5. The maximum absolute atomic E-state index is 12.5. The van der Waals surface area contributed by atoms with Crippen LogP contribution in [0.4, 0.5) is 5.69 Å². The lowest BCUT2D eigenvalue weighted by Gasteiger charge is -2.19. The van der Waals surface area contributed by atoms with Crippen molar-refractivity contribution >= 4 is 23.5 Å². The number of rotatable bonds is 4. The summed E-state index contributed by atoms with van der Waals surface area (Å²) in [7, 11) is 0. The van der Waals surface area contributed by atoms with E-state index in [9.17, 15) is 14.4 Å². The van der Waals surface area contributed by atoms with Crippen LogP contribution in [0, 0.1) is 0 Å². The van der Waals surface area contributed by atoms with Crippen LogP contribution in [0.2, 0.25) is 0 Å². The van der Waals surface area contributed by atoms with Gasteiger partial charge in [0, 0.05) is 0 Å². The Kier molecular flexibility index (Phi) is 3.58. The third-order valence-corrected chi connectivity index (χ3v) is 3.47. The molecule has 8 nitrogen and oxygen atoms in total. The first-order valence-corrected chi connectivity index (χ1v) is 6.89. The lowest BCUT2D eigenvalue weighted by Crippen LogP contribution is -2.42. The van der Waals surface area contributed by atoms with Gasteiger partial charge in [0.25, 0.3) is 11.8 Å². The number of benzene rings is 1. The molecule has 1 saturated heterocycles. The Balaban J connectivity index is 1.82. The number of carbonyl (C=O) groups is 3. The number of fused-ring (bicyclic) bond motifs is 1. The lowest BCUT2D eigenvalue weighted by atomic mass is 10.2. The molecule has 0 bridgehead atoms. The minimum Gasteiger partial charge on any atom is -0.465 e. The highest BCUT2D eigenvalue weighted by Gasteiger charge is 2.55. The lowest BCUT2D eigenvalue weighted by molar-refractivity contribution is -0.145. The summed E-state index contributed by atoms with van der Waals surface area (Å²) in [6.45, 7) is 1.72. The Labute approximate surface area is 126 Å². The number of esters is 1. The minimum atomic E-state index is -0.901. The maximum Gasteiger partial charge on any atom is 0.327 e. The summed E-state index contributed by atoms with van der Waals surface area (Å²) in [5.74, 6) is -1.38. The molecule has 0 saturated carbocycles. The van der Waals surface area contributed by atoms with Gasteiger partial charge in [0.2, 0.25) is 0 Å². The first kappa shape index (κ1) is 14.2. The highest BCUT2D eigenvalue weighted by molar-refractivity contribution is 6.25. The number of carbonyl (C=O) groups excluding carboxylic acids is 3. The smallest absolute Gasteiger partial charge is 0.327 e. The monoisotopic (exact) mass is 302 g/mol. The number of anilines is 1. The Morgan fingerprint density at radius 2 is 1.95 bits per heavy atom. The Morgan fingerprint density at radius 3 is 2.64 bits per heavy atom. The van der Waals surface area contributed by atoms with Gasteiger partial charge < -0.3 is 4.74 Å². The average molecular weight is 302 g/mol. The molecule has 114 valence electrons. The van der Waals surface area contributed by atoms with Crippen molar-refractivity contribution in [3.8, 4) is 0 Å². The number of ether oxygens (including phenoxy) is 1. The molecule has 8 heteroatoms. The van der Waals surface area contributed by atoms with Gasteiger partial charge in [0.15, 0.2) is 12.1 Å². The summed E-state index contributed by atoms with van der Waals surface area (Å²) in [6, 6.07) is 6.83. The van der Waals surface area contributed by atoms with Crippen LogP contribution in [0.5, 0.6) is 0 Å². The van der Waals surface area contributed by atoms with Crippen LogP contribution in [0.1, 0.15) is 6.92 Å². The third kappa shape index (κ3) is 2.22. The van der Waals surface area contributed by atoms with E-state index in [-0.39, 0.29) is 13.2 Å². The molecule has 1 fully saturated rings. The zero-order valence-corrected chi connectivity index (χ0v) is 11.9. The van der Waals surface area contributed by atoms with Crippen LogP contribution in [0.15, 0.2) is 40.7 Å². The SMILES string of the molecule is CCOC(=O)CN1N=NC2C(=O)N(c3ccccc3)C(=O)C21. The van der Waals surface area contributed by atoms with Crippen LogP contribution < -0.4 is 4.90 Å². The Hall–Kier alpha value is -2.77. The predicted octanol–water partition coefficient (Wildman–Crippen LogP) is 0.543. The van der Waals surface area contributed by atoms with Crippen LogP contribution >= 0.6 is 0 Å². The first-order valence-electron chi connectivity index (χ1n) is 6.89. The fourth-order valence-corrected chi connectivity index (χ4v) is 2.52. The summed E-state index contributed by atoms with van der Waals surface area (Å²) >= 11 is 0. The second-order valence-electron chi connectivity index (χ2n) is 4.84. The molecule has 0 aromatic heterocycles. The molecule has 0 spiro atoms. The molecule has 1 aromatic carbocycles. The molecule has 0 radical (unpaired) electrons. The van der Waals surface area contributed by atoms with Crippen molar-refractivity contribution in [3.05, 3.63) is 30.3 Å². The molecule has 1 aromatic rings. The highest BCUT2D eigenvalue weighted by atomic mass is 16.5. The van der Waals surface area contributed by atoms with Crippen molar-refractivity contribution in [3.63, 3.8) is 0 Å². The van der Waals surface area contributed by atoms with Crippen LogP contribution in [0.3, 0.4) is 0 Å². The molecule has 2 aliphatic heterocycles. The van der Waals surface area contributed by atoms with Gasteiger partial charge >= 0.3 is 5.97 Å². The second kappa shape index (κ2) is 5.55. The second-order valence-corrected chi connectivity index (χ2v) is 4.84. The summed E-state index contributed by atoms with van der Waals surface area (Å²) < 4.78 is 4.83. The summed E-state index contributed by atoms with van der Waals surface area (Å²) in [6.07, 6.45) is 0. The molecular weight excluding hydrogens is 288 g/mol. The quantitative estimate of drug-likeness (QED) is 0.598. The van der Waals surface area contributed by atoms with Crippen molar-refractivity contribution in [2.75, 3.05) is 18.1 Å². The van der Waals surface area contributed by atoms with E-state index in [1.165, 1.54) is 5.01 Å². The number of amides is 2. The Bertz CT molecular complexity index is 646. The third-order valence-electron chi connectivity index (χ3n) is 3.47. The van der Waals surface area contributed by atoms with Gasteiger partial charge in [-0.1, -0.05) is 23.4 Å². The van der Waals surface area contributed by atoms with Crippen molar-refractivity contribution in [2.24, 2.45) is 10.3 Å². The van der Waals surface area contributed by atoms with Crippen LogP contribution in [-0.4, -0.2) is 48.0 Å². The first-order chi connectivity index (χ1) is 10.6. The number of hydrogen-bond donors (Lipinski definition) is 0. The molecular formula is C14H14N4O4. The van der Waals surface area contributed by atoms with E-state index in [1.807, 2.05) is 0 Å². The molecule has 2 aliphatic rings. The molecule has 2 heterocycles. The van der Waals surface area contributed by atoms with E-state index in [1.54, 1.807) is 37.3 Å². The zero-order chi connectivity index (χ0) is 15.7. The van der Waals surface area contributed by atoms with Crippen molar-refractivity contribution in [1.82, 2.24) is 5.01 Å². The van der Waals surface area contributed by atoms with Crippen LogP contribution in [-0.2, 0) is 19.1 Å². The van der Waals surface area contributed by atoms with Gasteiger partial charge in [-0.05, 0) is 19.1 Å². The number of nitrogens with zero attached hydrogens (tertiary/aromatic N) is 4. The van der Waals surface area contributed by atoms with Gasteiger partial charge in [-0.3, -0.25) is 19.4 Å².